The van der Waals surface area contributed by atoms with E-state index >= 15 is 0 Å². The van der Waals surface area contributed by atoms with Crippen LogP contribution in [0.25, 0.3) is 5.57 Å². The van der Waals surface area contributed by atoms with E-state index in [1.54, 1.807) is 4.90 Å². The second kappa shape index (κ2) is 6.93. The summed E-state index contributed by atoms with van der Waals surface area (Å²) in [5, 5.41) is 0. The van der Waals surface area contributed by atoms with Gasteiger partial charge in [0.2, 0.25) is 0 Å². The summed E-state index contributed by atoms with van der Waals surface area (Å²) in [4.78, 5) is 30.8. The molecule has 28 heavy (non-hydrogen) atoms. The molecule has 0 bridgehead atoms. The summed E-state index contributed by atoms with van der Waals surface area (Å²) < 4.78 is 0. The van der Waals surface area contributed by atoms with Crippen LogP contribution in [0, 0.1) is 0 Å². The summed E-state index contributed by atoms with van der Waals surface area (Å²) in [5.41, 5.74) is 4.24. The van der Waals surface area contributed by atoms with Crippen molar-refractivity contribution in [3.8, 4) is 0 Å². The first-order valence-corrected chi connectivity index (χ1v) is 10.3. The molecule has 5 rings (SSSR count). The molecule has 0 unspecified atom stereocenters. The van der Waals surface area contributed by atoms with Crippen LogP contribution >= 0.6 is 0 Å². The smallest absolute Gasteiger partial charge is 0.278 e. The number of carbonyl (C=O) groups excluding carboxylic acids is 2. The molecule has 0 atom stereocenters. The fraction of sp³-hybridized carbons (Fsp3) is 0.333. The minimum atomic E-state index is -0.123. The van der Waals surface area contributed by atoms with Gasteiger partial charge in [-0.15, -0.1) is 0 Å². The van der Waals surface area contributed by atoms with Gasteiger partial charge < -0.3 is 4.90 Å². The highest BCUT2D eigenvalue weighted by Gasteiger charge is 2.46. The fourth-order valence-corrected chi connectivity index (χ4v) is 4.89. The Kier molecular flexibility index (Phi) is 4.27. The van der Waals surface area contributed by atoms with Crippen molar-refractivity contribution in [3.63, 3.8) is 0 Å². The van der Waals surface area contributed by atoms with Gasteiger partial charge in [-0.25, -0.2) is 0 Å². The largest absolute Gasteiger partial charge is 0.336 e. The maximum absolute atomic E-state index is 13.6. The van der Waals surface area contributed by atoms with E-state index in [1.165, 1.54) is 12.0 Å². The van der Waals surface area contributed by atoms with E-state index in [4.69, 9.17) is 0 Å². The van der Waals surface area contributed by atoms with Gasteiger partial charge in [-0.05, 0) is 36.5 Å². The van der Waals surface area contributed by atoms with Crippen LogP contribution in [0.15, 0.2) is 60.3 Å². The van der Waals surface area contributed by atoms with Crippen molar-refractivity contribution in [2.24, 2.45) is 0 Å². The summed E-state index contributed by atoms with van der Waals surface area (Å²) in [6, 6.07) is 17.9. The second-order valence-corrected chi connectivity index (χ2v) is 7.89. The monoisotopic (exact) mass is 372 g/mol. The van der Waals surface area contributed by atoms with E-state index in [0.29, 0.717) is 11.3 Å². The van der Waals surface area contributed by atoms with Crippen LogP contribution in [0.3, 0.4) is 0 Å². The summed E-state index contributed by atoms with van der Waals surface area (Å²) >= 11 is 0. The first-order valence-electron chi connectivity index (χ1n) is 10.3. The Hall–Kier alpha value is -2.88. The topological polar surface area (TPSA) is 40.6 Å². The van der Waals surface area contributed by atoms with Gasteiger partial charge in [0.15, 0.2) is 0 Å². The van der Waals surface area contributed by atoms with E-state index in [2.05, 4.69) is 17.0 Å². The minimum absolute atomic E-state index is 0.0304. The summed E-state index contributed by atoms with van der Waals surface area (Å²) in [5.74, 6) is -0.241. The number of para-hydroxylation sites is 1. The number of fused-ring (bicyclic) bond motifs is 1. The standard InChI is InChI=1S/C24H24N2O2/c27-23-21(18-10-3-1-4-11-18)22(24(28)26(23)19-12-5-2-6-13-19)25-16-15-17-9-7-8-14-20(17)25/h1,3-4,7-11,14,19H,2,5-6,12-13,15-16H2. The van der Waals surface area contributed by atoms with E-state index in [-0.39, 0.29) is 17.9 Å². The SMILES string of the molecule is O=C1C(c2ccccc2)=C(N2CCc3ccccc32)C(=O)N1C1CCCCC1. The predicted molar refractivity (Wildman–Crippen MR) is 110 cm³/mol. The third-order valence-electron chi connectivity index (χ3n) is 6.25. The van der Waals surface area contributed by atoms with Gasteiger partial charge in [0.1, 0.15) is 5.70 Å². The number of carbonyl (C=O) groups is 2. The van der Waals surface area contributed by atoms with Crippen molar-refractivity contribution in [1.82, 2.24) is 4.90 Å². The Morgan fingerprint density at radius 2 is 1.50 bits per heavy atom. The molecule has 2 aliphatic heterocycles. The lowest BCUT2D eigenvalue weighted by Gasteiger charge is -2.30. The average molecular weight is 372 g/mol. The van der Waals surface area contributed by atoms with Crippen molar-refractivity contribution in [2.45, 2.75) is 44.6 Å². The van der Waals surface area contributed by atoms with Gasteiger partial charge >= 0.3 is 0 Å². The predicted octanol–water partition coefficient (Wildman–Crippen LogP) is 4.16. The minimum Gasteiger partial charge on any atom is -0.336 e. The van der Waals surface area contributed by atoms with Crippen molar-refractivity contribution in [1.29, 1.82) is 0 Å². The summed E-state index contributed by atoms with van der Waals surface area (Å²) in [6.45, 7) is 0.739. The molecule has 0 aromatic heterocycles. The first kappa shape index (κ1) is 17.2. The molecule has 1 fully saturated rings. The molecule has 0 spiro atoms. The zero-order chi connectivity index (χ0) is 19.1. The zero-order valence-electron chi connectivity index (χ0n) is 15.9. The molecule has 2 aromatic carbocycles. The number of amides is 2. The van der Waals surface area contributed by atoms with Crippen LogP contribution < -0.4 is 4.90 Å². The molecule has 0 radical (unpaired) electrons. The molecule has 4 heteroatoms. The molecule has 1 aliphatic carbocycles. The lowest BCUT2D eigenvalue weighted by atomic mass is 9.94. The van der Waals surface area contributed by atoms with Gasteiger partial charge in [-0.3, -0.25) is 14.5 Å². The fourth-order valence-electron chi connectivity index (χ4n) is 4.89. The van der Waals surface area contributed by atoms with E-state index in [9.17, 15) is 9.59 Å². The van der Waals surface area contributed by atoms with E-state index in [1.807, 2.05) is 42.5 Å². The number of rotatable bonds is 3. The van der Waals surface area contributed by atoms with Crippen LogP contribution in [0.5, 0.6) is 0 Å². The number of hydrogen-bond acceptors (Lipinski definition) is 3. The molecule has 3 aliphatic rings. The third kappa shape index (κ3) is 2.67. The molecule has 142 valence electrons. The number of imide groups is 1. The molecule has 4 nitrogen and oxygen atoms in total. The van der Waals surface area contributed by atoms with E-state index < -0.39 is 0 Å². The highest BCUT2D eigenvalue weighted by molar-refractivity contribution is 6.37. The van der Waals surface area contributed by atoms with Crippen molar-refractivity contribution < 1.29 is 9.59 Å². The molecule has 0 saturated heterocycles. The summed E-state index contributed by atoms with van der Waals surface area (Å²) in [6.07, 6.45) is 6.10. The summed E-state index contributed by atoms with van der Waals surface area (Å²) in [7, 11) is 0. The Bertz CT molecular complexity index is 958. The first-order chi connectivity index (χ1) is 13.8. The Morgan fingerprint density at radius 1 is 0.786 bits per heavy atom. The maximum Gasteiger partial charge on any atom is 0.278 e. The van der Waals surface area contributed by atoms with Gasteiger partial charge in [0.25, 0.3) is 11.8 Å². The van der Waals surface area contributed by atoms with Crippen LogP contribution in [0.2, 0.25) is 0 Å². The van der Waals surface area contributed by atoms with Crippen molar-refractivity contribution in [2.75, 3.05) is 11.4 Å². The van der Waals surface area contributed by atoms with E-state index in [0.717, 1.165) is 49.9 Å². The normalized spacial score (nSPS) is 20.3. The molecular formula is C24H24N2O2. The molecule has 0 N–H and O–H groups in total. The Balaban J connectivity index is 1.63. The second-order valence-electron chi connectivity index (χ2n) is 7.89. The third-order valence-corrected chi connectivity index (χ3v) is 6.25. The van der Waals surface area contributed by atoms with Gasteiger partial charge in [0, 0.05) is 18.3 Å². The Morgan fingerprint density at radius 3 is 2.29 bits per heavy atom. The number of hydrogen-bond donors (Lipinski definition) is 0. The molecule has 2 heterocycles. The molecule has 2 aromatic rings. The lowest BCUT2D eigenvalue weighted by Crippen LogP contribution is -2.43. The van der Waals surface area contributed by atoms with Gasteiger partial charge in [0.05, 0.1) is 5.57 Å². The molecule has 1 saturated carbocycles. The molecular weight excluding hydrogens is 348 g/mol. The number of nitrogens with zero attached hydrogens (tertiary/aromatic N) is 2. The van der Waals surface area contributed by atoms with Gasteiger partial charge in [-0.1, -0.05) is 67.8 Å². The highest BCUT2D eigenvalue weighted by Crippen LogP contribution is 2.40. The van der Waals surface area contributed by atoms with Crippen LogP contribution in [-0.2, 0) is 16.0 Å². The van der Waals surface area contributed by atoms with Crippen LogP contribution in [-0.4, -0.2) is 29.3 Å². The number of benzene rings is 2. The van der Waals surface area contributed by atoms with Crippen LogP contribution in [0.4, 0.5) is 5.69 Å². The average Bonchev–Trinajstić information content (AvgIpc) is 3.27. The maximum atomic E-state index is 13.6. The molecule has 2 amide bonds. The van der Waals surface area contributed by atoms with Gasteiger partial charge in [-0.2, -0.15) is 0 Å². The Labute approximate surface area is 165 Å². The number of anilines is 1. The van der Waals surface area contributed by atoms with Crippen LogP contribution in [0.1, 0.15) is 43.2 Å². The quantitative estimate of drug-likeness (QED) is 0.760. The lowest BCUT2D eigenvalue weighted by molar-refractivity contribution is -0.140. The van der Waals surface area contributed by atoms with Crippen molar-refractivity contribution >= 4 is 23.1 Å². The van der Waals surface area contributed by atoms with Crippen molar-refractivity contribution in [3.05, 3.63) is 71.4 Å². The highest BCUT2D eigenvalue weighted by atomic mass is 16.2. The zero-order valence-corrected chi connectivity index (χ0v) is 15.9.